The first-order chi connectivity index (χ1) is 9.13. The second kappa shape index (κ2) is 9.44. The largest absolute Gasteiger partial charge is 0.493 e. The number of carbonyl (C=O) groups excluding carboxylic acids is 1. The molecule has 0 aliphatic heterocycles. The summed E-state index contributed by atoms with van der Waals surface area (Å²) in [6.45, 7) is 5.49. The van der Waals surface area contributed by atoms with Crippen LogP contribution in [0.5, 0.6) is 11.5 Å². The molecule has 20 heavy (non-hydrogen) atoms. The number of rotatable bonds is 7. The zero-order chi connectivity index (χ0) is 14.3. The molecule has 0 aliphatic rings. The van der Waals surface area contributed by atoms with Gasteiger partial charge in [-0.25, -0.2) is 0 Å². The zero-order valence-electron chi connectivity index (χ0n) is 12.4. The lowest BCUT2D eigenvalue weighted by atomic mass is 10.1. The van der Waals surface area contributed by atoms with E-state index in [0.29, 0.717) is 23.6 Å². The number of amides is 1. The topological polar surface area (TPSA) is 59.6 Å². The first kappa shape index (κ1) is 18.5. The first-order valence-corrected chi connectivity index (χ1v) is 6.36. The Labute approximate surface area is 126 Å². The Balaban J connectivity index is 0.00000361. The van der Waals surface area contributed by atoms with Crippen LogP contribution >= 0.6 is 12.4 Å². The smallest absolute Gasteiger partial charge is 0.255 e. The summed E-state index contributed by atoms with van der Waals surface area (Å²) in [4.78, 5) is 12.1. The predicted octanol–water partition coefficient (Wildman–Crippen LogP) is 1.85. The molecule has 1 amide bonds. The second-order valence-electron chi connectivity index (χ2n) is 4.21. The Kier molecular flexibility index (Phi) is 8.76. The molecule has 0 radical (unpaired) electrons. The van der Waals surface area contributed by atoms with E-state index >= 15 is 0 Å². The average molecular weight is 303 g/mol. The maximum atomic E-state index is 12.1. The fraction of sp³-hybridized carbons (Fsp3) is 0.500. The molecule has 0 spiro atoms. The lowest BCUT2D eigenvalue weighted by Crippen LogP contribution is -2.38. The van der Waals surface area contributed by atoms with E-state index in [1.807, 2.05) is 13.8 Å². The van der Waals surface area contributed by atoms with E-state index in [0.717, 1.165) is 6.54 Å². The number of para-hydroxylation sites is 1. The molecule has 0 saturated heterocycles. The van der Waals surface area contributed by atoms with Crippen LogP contribution in [-0.2, 0) is 0 Å². The lowest BCUT2D eigenvalue weighted by molar-refractivity contribution is 0.0946. The maximum Gasteiger partial charge on any atom is 0.255 e. The average Bonchev–Trinajstić information content (AvgIpc) is 2.44. The molecular weight excluding hydrogens is 280 g/mol. The van der Waals surface area contributed by atoms with Gasteiger partial charge < -0.3 is 20.1 Å². The summed E-state index contributed by atoms with van der Waals surface area (Å²) < 4.78 is 10.4. The molecule has 0 aliphatic carbocycles. The van der Waals surface area contributed by atoms with Gasteiger partial charge in [-0.05, 0) is 25.6 Å². The molecule has 0 unspecified atom stereocenters. The Morgan fingerprint density at radius 2 is 2.00 bits per heavy atom. The predicted molar refractivity (Wildman–Crippen MR) is 82.3 cm³/mol. The maximum absolute atomic E-state index is 12.1. The van der Waals surface area contributed by atoms with E-state index in [2.05, 4.69) is 10.6 Å². The van der Waals surface area contributed by atoms with Gasteiger partial charge in [0, 0.05) is 12.6 Å². The van der Waals surface area contributed by atoms with E-state index in [4.69, 9.17) is 9.47 Å². The molecule has 5 nitrogen and oxygen atoms in total. The Hall–Kier alpha value is -1.46. The third-order valence-electron chi connectivity index (χ3n) is 2.77. The molecule has 2 N–H and O–H groups in total. The van der Waals surface area contributed by atoms with E-state index < -0.39 is 0 Å². The van der Waals surface area contributed by atoms with Gasteiger partial charge in [0.1, 0.15) is 0 Å². The minimum absolute atomic E-state index is 0. The first-order valence-electron chi connectivity index (χ1n) is 6.36. The van der Waals surface area contributed by atoms with Crippen LogP contribution in [0.4, 0.5) is 0 Å². The number of ether oxygens (including phenoxy) is 2. The third kappa shape index (κ3) is 4.90. The number of methoxy groups -OCH3 is 2. The molecule has 0 heterocycles. The number of benzene rings is 1. The molecule has 114 valence electrons. The molecule has 1 atom stereocenters. The van der Waals surface area contributed by atoms with Crippen molar-refractivity contribution in [2.45, 2.75) is 19.9 Å². The van der Waals surface area contributed by atoms with Gasteiger partial charge in [-0.2, -0.15) is 0 Å². The van der Waals surface area contributed by atoms with Crippen molar-refractivity contribution in [3.05, 3.63) is 23.8 Å². The van der Waals surface area contributed by atoms with Gasteiger partial charge in [0.25, 0.3) is 5.91 Å². The molecule has 1 aromatic carbocycles. The highest BCUT2D eigenvalue weighted by Gasteiger charge is 2.16. The Bertz CT molecular complexity index is 427. The number of likely N-dealkylation sites (N-methyl/N-ethyl adjacent to an activating group) is 1. The van der Waals surface area contributed by atoms with Gasteiger partial charge >= 0.3 is 0 Å². The van der Waals surface area contributed by atoms with Gasteiger partial charge in [0.2, 0.25) is 0 Å². The van der Waals surface area contributed by atoms with Crippen LogP contribution in [0.1, 0.15) is 24.2 Å². The minimum atomic E-state index is -0.166. The van der Waals surface area contributed by atoms with Crippen LogP contribution in [0.3, 0.4) is 0 Å². The van der Waals surface area contributed by atoms with Gasteiger partial charge in [0.15, 0.2) is 11.5 Å². The van der Waals surface area contributed by atoms with Crippen molar-refractivity contribution in [1.82, 2.24) is 10.6 Å². The molecule has 0 bridgehead atoms. The summed E-state index contributed by atoms with van der Waals surface area (Å²) in [5.41, 5.74) is 0.477. The van der Waals surface area contributed by atoms with Crippen LogP contribution < -0.4 is 20.1 Å². The Morgan fingerprint density at radius 3 is 2.55 bits per heavy atom. The number of nitrogens with one attached hydrogen (secondary N) is 2. The number of halogens is 1. The molecular formula is C14H23ClN2O3. The standard InChI is InChI=1S/C14H22N2O3.ClH/c1-5-15-10(2)9-16-14(17)11-7-6-8-12(18-3)13(11)19-4;/h6-8,10,15H,5,9H2,1-4H3,(H,16,17);1H/t10-;/m1./s1. The quantitative estimate of drug-likeness (QED) is 0.807. The normalized spacial score (nSPS) is 11.2. The second-order valence-corrected chi connectivity index (χ2v) is 4.21. The zero-order valence-corrected chi connectivity index (χ0v) is 13.2. The lowest BCUT2D eigenvalue weighted by Gasteiger charge is -2.15. The highest BCUT2D eigenvalue weighted by atomic mass is 35.5. The van der Waals surface area contributed by atoms with Crippen LogP contribution in [-0.4, -0.2) is 39.3 Å². The molecule has 1 aromatic rings. The van der Waals surface area contributed by atoms with Crippen LogP contribution in [0, 0.1) is 0 Å². The highest BCUT2D eigenvalue weighted by molar-refractivity contribution is 5.97. The third-order valence-corrected chi connectivity index (χ3v) is 2.77. The molecule has 6 heteroatoms. The van der Waals surface area contributed by atoms with Gasteiger partial charge in [-0.1, -0.05) is 13.0 Å². The highest BCUT2D eigenvalue weighted by Crippen LogP contribution is 2.30. The Morgan fingerprint density at radius 1 is 1.30 bits per heavy atom. The SMILES string of the molecule is CCN[C@H](C)CNC(=O)c1cccc(OC)c1OC.Cl. The van der Waals surface area contributed by atoms with Crippen molar-refractivity contribution in [1.29, 1.82) is 0 Å². The van der Waals surface area contributed by atoms with Gasteiger partial charge in [-0.3, -0.25) is 4.79 Å². The van der Waals surface area contributed by atoms with Crippen molar-refractivity contribution in [2.75, 3.05) is 27.3 Å². The van der Waals surface area contributed by atoms with Crippen LogP contribution in [0.15, 0.2) is 18.2 Å². The number of carbonyl (C=O) groups is 1. The van der Waals surface area contributed by atoms with Crippen molar-refractivity contribution in [3.63, 3.8) is 0 Å². The summed E-state index contributed by atoms with van der Waals surface area (Å²) in [6, 6.07) is 5.47. The van der Waals surface area contributed by atoms with Gasteiger partial charge in [0.05, 0.1) is 19.8 Å². The number of hydrogen-bond donors (Lipinski definition) is 2. The molecule has 0 fully saturated rings. The summed E-state index contributed by atoms with van der Waals surface area (Å²) in [5, 5.41) is 6.11. The molecule has 1 rings (SSSR count). The van der Waals surface area contributed by atoms with Crippen molar-refractivity contribution in [2.24, 2.45) is 0 Å². The molecule has 0 saturated carbocycles. The number of hydrogen-bond acceptors (Lipinski definition) is 4. The van der Waals surface area contributed by atoms with E-state index in [1.165, 1.54) is 7.11 Å². The van der Waals surface area contributed by atoms with Crippen molar-refractivity contribution in [3.8, 4) is 11.5 Å². The van der Waals surface area contributed by atoms with Gasteiger partial charge in [-0.15, -0.1) is 12.4 Å². The van der Waals surface area contributed by atoms with E-state index in [-0.39, 0.29) is 24.4 Å². The molecule has 0 aromatic heterocycles. The van der Waals surface area contributed by atoms with E-state index in [9.17, 15) is 4.79 Å². The fourth-order valence-electron chi connectivity index (χ4n) is 1.83. The van der Waals surface area contributed by atoms with Crippen LogP contribution in [0.2, 0.25) is 0 Å². The van der Waals surface area contributed by atoms with Crippen molar-refractivity contribution >= 4 is 18.3 Å². The monoisotopic (exact) mass is 302 g/mol. The van der Waals surface area contributed by atoms with Crippen molar-refractivity contribution < 1.29 is 14.3 Å². The summed E-state index contributed by atoms with van der Waals surface area (Å²) in [5.74, 6) is 0.842. The van der Waals surface area contributed by atoms with Crippen LogP contribution in [0.25, 0.3) is 0 Å². The summed E-state index contributed by atoms with van der Waals surface area (Å²) in [7, 11) is 3.07. The van der Waals surface area contributed by atoms with E-state index in [1.54, 1.807) is 25.3 Å². The minimum Gasteiger partial charge on any atom is -0.493 e. The summed E-state index contributed by atoms with van der Waals surface area (Å²) >= 11 is 0. The fourth-order valence-corrected chi connectivity index (χ4v) is 1.83. The summed E-state index contributed by atoms with van der Waals surface area (Å²) in [6.07, 6.45) is 0.